The zero-order valence-electron chi connectivity index (χ0n) is 9.63. The van der Waals surface area contributed by atoms with Crippen LogP contribution in [0.1, 0.15) is 28.9 Å². The third kappa shape index (κ3) is 2.70. The Hall–Kier alpha value is -1.44. The van der Waals surface area contributed by atoms with E-state index in [2.05, 4.69) is 5.10 Å². The fourth-order valence-electron chi connectivity index (χ4n) is 1.76. The summed E-state index contributed by atoms with van der Waals surface area (Å²) in [6.45, 7) is 0. The molecule has 1 aliphatic carbocycles. The van der Waals surface area contributed by atoms with E-state index in [1.807, 2.05) is 0 Å². The van der Waals surface area contributed by atoms with Crippen molar-refractivity contribution in [2.24, 2.45) is 0 Å². The van der Waals surface area contributed by atoms with Crippen LogP contribution in [0.5, 0.6) is 0 Å². The fraction of sp³-hybridized carbons (Fsp3) is 0.364. The van der Waals surface area contributed by atoms with E-state index in [4.69, 9.17) is 11.6 Å². The topological polar surface area (TPSA) is 17.8 Å². The monoisotopic (exact) mass is 316 g/mol. The Morgan fingerprint density at radius 3 is 2.25 bits per heavy atom. The minimum atomic E-state index is -4.91. The van der Waals surface area contributed by atoms with Crippen molar-refractivity contribution >= 4 is 23.8 Å². The SMILES string of the molecule is FC(F)(F)c1nn(C(Cl)C(F)(F)F)c2c1C=CCC=C2. The van der Waals surface area contributed by atoms with E-state index in [0.717, 1.165) is 12.2 Å². The smallest absolute Gasteiger partial charge is 0.237 e. The van der Waals surface area contributed by atoms with E-state index in [9.17, 15) is 26.3 Å². The molecule has 0 bridgehead atoms. The van der Waals surface area contributed by atoms with Gasteiger partial charge in [-0.3, -0.25) is 0 Å². The Morgan fingerprint density at radius 1 is 1.10 bits per heavy atom. The number of hydrogen-bond acceptors (Lipinski definition) is 1. The molecular weight excluding hydrogens is 310 g/mol. The van der Waals surface area contributed by atoms with Crippen molar-refractivity contribution in [2.75, 3.05) is 0 Å². The Labute approximate surface area is 114 Å². The molecule has 2 nitrogen and oxygen atoms in total. The van der Waals surface area contributed by atoms with Gasteiger partial charge in [-0.05, 0) is 12.5 Å². The number of fused-ring (bicyclic) bond motifs is 1. The molecule has 0 spiro atoms. The maximum absolute atomic E-state index is 12.8. The molecule has 0 saturated carbocycles. The molecule has 1 aromatic rings. The van der Waals surface area contributed by atoms with Crippen molar-refractivity contribution < 1.29 is 26.3 Å². The summed E-state index contributed by atoms with van der Waals surface area (Å²) in [5, 5.41) is 3.01. The molecule has 0 radical (unpaired) electrons. The number of halogens is 7. The second-order valence-corrected chi connectivity index (χ2v) is 4.42. The number of nitrogens with zero attached hydrogens (tertiary/aromatic N) is 2. The van der Waals surface area contributed by atoms with Crippen molar-refractivity contribution in [1.29, 1.82) is 0 Å². The third-order valence-corrected chi connectivity index (χ3v) is 3.00. The highest BCUT2D eigenvalue weighted by Gasteiger charge is 2.45. The zero-order valence-corrected chi connectivity index (χ0v) is 10.4. The van der Waals surface area contributed by atoms with Crippen LogP contribution in [0.4, 0.5) is 26.3 Å². The predicted molar refractivity (Wildman–Crippen MR) is 60.9 cm³/mol. The molecule has 0 amide bonds. The van der Waals surface area contributed by atoms with E-state index in [1.165, 1.54) is 12.2 Å². The second kappa shape index (κ2) is 4.83. The summed E-state index contributed by atoms with van der Waals surface area (Å²) in [7, 11) is 0. The first kappa shape index (κ1) is 15.0. The number of hydrogen-bond donors (Lipinski definition) is 0. The minimum Gasteiger partial charge on any atom is -0.237 e. The fourth-order valence-corrected chi connectivity index (χ4v) is 1.90. The van der Waals surface area contributed by atoms with Crippen molar-refractivity contribution in [3.8, 4) is 0 Å². The average molecular weight is 317 g/mol. The van der Waals surface area contributed by atoms with Crippen LogP contribution in [0.2, 0.25) is 0 Å². The summed E-state index contributed by atoms with van der Waals surface area (Å²) >= 11 is 5.19. The molecule has 2 rings (SSSR count). The standard InChI is InChI=1S/C11H7ClF6N2/c12-9(11(16,17)18)20-7-5-3-1-2-4-6(7)8(19-20)10(13,14)15/h2-5,9H,1H2. The van der Waals surface area contributed by atoms with Gasteiger partial charge in [-0.25, -0.2) is 4.68 Å². The van der Waals surface area contributed by atoms with Crippen LogP contribution in [0.25, 0.3) is 12.2 Å². The van der Waals surface area contributed by atoms with Crippen molar-refractivity contribution in [3.63, 3.8) is 0 Å². The first-order valence-electron chi connectivity index (χ1n) is 5.36. The highest BCUT2D eigenvalue weighted by Crippen LogP contribution is 2.40. The highest BCUT2D eigenvalue weighted by atomic mass is 35.5. The lowest BCUT2D eigenvalue weighted by Gasteiger charge is -2.15. The van der Waals surface area contributed by atoms with Gasteiger partial charge in [0, 0.05) is 5.56 Å². The molecule has 0 N–H and O–H groups in total. The minimum absolute atomic E-state index is 0.145. The molecule has 0 aliphatic heterocycles. The average Bonchev–Trinajstić information content (AvgIpc) is 2.50. The van der Waals surface area contributed by atoms with Gasteiger partial charge >= 0.3 is 12.4 Å². The molecule has 20 heavy (non-hydrogen) atoms. The molecule has 110 valence electrons. The van der Waals surface area contributed by atoms with Crippen LogP contribution >= 0.6 is 11.6 Å². The predicted octanol–water partition coefficient (Wildman–Crippen LogP) is 4.63. The maximum atomic E-state index is 12.8. The molecular formula is C11H7ClF6N2. The molecule has 1 aromatic heterocycles. The van der Waals surface area contributed by atoms with E-state index in [-0.39, 0.29) is 10.4 Å². The largest absolute Gasteiger partial charge is 0.435 e. The van der Waals surface area contributed by atoms with Crippen molar-refractivity contribution in [2.45, 2.75) is 24.3 Å². The van der Waals surface area contributed by atoms with Crippen LogP contribution in [0.3, 0.4) is 0 Å². The lowest BCUT2D eigenvalue weighted by molar-refractivity contribution is -0.152. The Morgan fingerprint density at radius 2 is 1.70 bits per heavy atom. The second-order valence-electron chi connectivity index (χ2n) is 4.01. The molecule has 1 aliphatic rings. The molecule has 9 heteroatoms. The quantitative estimate of drug-likeness (QED) is 0.545. The van der Waals surface area contributed by atoms with Crippen molar-refractivity contribution in [1.82, 2.24) is 9.78 Å². The Kier molecular flexibility index (Phi) is 3.62. The Bertz CT molecular complexity index is 567. The van der Waals surface area contributed by atoms with Crippen LogP contribution in [0, 0.1) is 0 Å². The summed E-state index contributed by atoms with van der Waals surface area (Å²) in [6.07, 6.45) is -4.37. The first-order chi connectivity index (χ1) is 9.12. The molecule has 1 atom stereocenters. The summed E-state index contributed by atoms with van der Waals surface area (Å²) in [5.41, 5.74) is -4.78. The van der Waals surface area contributed by atoms with Crippen molar-refractivity contribution in [3.05, 3.63) is 29.1 Å². The van der Waals surface area contributed by atoms with Gasteiger partial charge < -0.3 is 0 Å². The number of alkyl halides is 7. The molecule has 1 heterocycles. The lowest BCUT2D eigenvalue weighted by atomic mass is 10.1. The van der Waals surface area contributed by atoms with E-state index >= 15 is 0 Å². The molecule has 0 aromatic carbocycles. The van der Waals surface area contributed by atoms with E-state index in [1.54, 1.807) is 0 Å². The normalized spacial score (nSPS) is 16.9. The molecule has 1 unspecified atom stereocenters. The Balaban J connectivity index is 2.66. The van der Waals surface area contributed by atoms with Gasteiger partial charge in [-0.2, -0.15) is 31.4 Å². The summed E-state index contributed by atoms with van der Waals surface area (Å²) in [6, 6.07) is 0. The first-order valence-corrected chi connectivity index (χ1v) is 5.79. The van der Waals surface area contributed by atoms with Gasteiger partial charge in [0.25, 0.3) is 0 Å². The maximum Gasteiger partial charge on any atom is 0.435 e. The number of aromatic nitrogens is 2. The lowest BCUT2D eigenvalue weighted by Crippen LogP contribution is -2.24. The zero-order chi connectivity index (χ0) is 15.1. The van der Waals surface area contributed by atoms with Gasteiger partial charge in [-0.1, -0.05) is 29.8 Å². The molecule has 0 fully saturated rings. The molecule has 0 saturated heterocycles. The van der Waals surface area contributed by atoms with Gasteiger partial charge in [0.05, 0.1) is 5.69 Å². The summed E-state index contributed by atoms with van der Waals surface area (Å²) in [5.74, 6) is 0. The van der Waals surface area contributed by atoms with Gasteiger partial charge in [0.15, 0.2) is 5.69 Å². The van der Waals surface area contributed by atoms with Crippen LogP contribution in [0.15, 0.2) is 12.2 Å². The van der Waals surface area contributed by atoms with Gasteiger partial charge in [0.2, 0.25) is 5.50 Å². The highest BCUT2D eigenvalue weighted by molar-refractivity contribution is 6.19. The number of allylic oxidation sites excluding steroid dienone is 2. The van der Waals surface area contributed by atoms with Gasteiger partial charge in [0.1, 0.15) is 0 Å². The summed E-state index contributed by atoms with van der Waals surface area (Å²) < 4.78 is 76.4. The third-order valence-electron chi connectivity index (χ3n) is 2.57. The van der Waals surface area contributed by atoms with E-state index < -0.39 is 29.1 Å². The summed E-state index contributed by atoms with van der Waals surface area (Å²) in [4.78, 5) is 0. The van der Waals surface area contributed by atoms with Crippen LogP contribution in [-0.4, -0.2) is 16.0 Å². The van der Waals surface area contributed by atoms with E-state index in [0.29, 0.717) is 6.42 Å². The number of rotatable bonds is 1. The van der Waals surface area contributed by atoms with Gasteiger partial charge in [-0.15, -0.1) is 0 Å². The van der Waals surface area contributed by atoms with Crippen LogP contribution < -0.4 is 0 Å². The van der Waals surface area contributed by atoms with Crippen LogP contribution in [-0.2, 0) is 6.18 Å².